The first-order chi connectivity index (χ1) is 14.2. The first-order valence-electron chi connectivity index (χ1n) is 9.63. The number of carbonyl (C=O) groups is 1. The average molecular weight is 395 g/mol. The number of amides is 1. The smallest absolute Gasteiger partial charge is 0.226 e. The molecule has 3 aromatic rings. The maximum Gasteiger partial charge on any atom is 0.226 e. The zero-order valence-electron chi connectivity index (χ0n) is 16.7. The van der Waals surface area contributed by atoms with Crippen molar-refractivity contribution >= 4 is 5.91 Å². The van der Waals surface area contributed by atoms with Gasteiger partial charge in [0.2, 0.25) is 17.6 Å². The minimum atomic E-state index is -0.0123. The highest BCUT2D eigenvalue weighted by Crippen LogP contribution is 2.20. The van der Waals surface area contributed by atoms with Crippen molar-refractivity contribution in [1.29, 1.82) is 0 Å². The molecular formula is C22H25N3O4. The Hall–Kier alpha value is -3.35. The fourth-order valence-corrected chi connectivity index (χ4v) is 2.81. The molecule has 0 unspecified atom stereocenters. The topological polar surface area (TPSA) is 86.5 Å². The second kappa shape index (κ2) is 10.3. The Morgan fingerprint density at radius 2 is 1.97 bits per heavy atom. The maximum atomic E-state index is 12.1. The number of hydrogen-bond acceptors (Lipinski definition) is 6. The number of nitrogens with zero attached hydrogens (tertiary/aromatic N) is 2. The van der Waals surface area contributed by atoms with E-state index in [2.05, 4.69) is 15.5 Å². The molecule has 0 aliphatic rings. The van der Waals surface area contributed by atoms with Gasteiger partial charge in [0.15, 0.2) is 0 Å². The maximum absolute atomic E-state index is 12.1. The predicted octanol–water partition coefficient (Wildman–Crippen LogP) is 3.78. The van der Waals surface area contributed by atoms with E-state index in [0.29, 0.717) is 44.1 Å². The molecule has 0 atom stereocenters. The van der Waals surface area contributed by atoms with E-state index in [1.54, 1.807) is 7.11 Å². The normalized spacial score (nSPS) is 10.6. The van der Waals surface area contributed by atoms with Gasteiger partial charge in [0.25, 0.3) is 0 Å². The van der Waals surface area contributed by atoms with E-state index >= 15 is 0 Å². The zero-order valence-corrected chi connectivity index (χ0v) is 16.7. The second-order valence-electron chi connectivity index (χ2n) is 6.45. The van der Waals surface area contributed by atoms with Gasteiger partial charge in [-0.3, -0.25) is 4.79 Å². The summed E-state index contributed by atoms with van der Waals surface area (Å²) < 4.78 is 15.9. The summed E-state index contributed by atoms with van der Waals surface area (Å²) in [7, 11) is 1.62. The van der Waals surface area contributed by atoms with Gasteiger partial charge in [-0.1, -0.05) is 17.3 Å². The molecule has 3 rings (SSSR count). The van der Waals surface area contributed by atoms with Gasteiger partial charge in [-0.15, -0.1) is 0 Å². The van der Waals surface area contributed by atoms with Crippen molar-refractivity contribution in [1.82, 2.24) is 15.5 Å². The summed E-state index contributed by atoms with van der Waals surface area (Å²) in [6.07, 6.45) is 1.58. The van der Waals surface area contributed by atoms with E-state index < -0.39 is 0 Å². The van der Waals surface area contributed by atoms with Crippen LogP contribution in [0.2, 0.25) is 0 Å². The van der Waals surface area contributed by atoms with E-state index in [1.807, 2.05) is 55.5 Å². The predicted molar refractivity (Wildman–Crippen MR) is 109 cm³/mol. The van der Waals surface area contributed by atoms with Gasteiger partial charge < -0.3 is 19.3 Å². The molecule has 152 valence electrons. The van der Waals surface area contributed by atoms with Gasteiger partial charge in [-0.05, 0) is 55.3 Å². The third kappa shape index (κ3) is 6.07. The highest BCUT2D eigenvalue weighted by atomic mass is 16.5. The van der Waals surface area contributed by atoms with Crippen LogP contribution in [-0.2, 0) is 17.8 Å². The van der Waals surface area contributed by atoms with Crippen LogP contribution in [-0.4, -0.2) is 29.8 Å². The molecule has 0 aliphatic carbocycles. The Morgan fingerprint density at radius 3 is 2.72 bits per heavy atom. The molecule has 0 saturated heterocycles. The van der Waals surface area contributed by atoms with Crippen LogP contribution < -0.4 is 14.8 Å². The van der Waals surface area contributed by atoms with Crippen LogP contribution in [0.4, 0.5) is 0 Å². The lowest BCUT2D eigenvalue weighted by Crippen LogP contribution is -2.22. The van der Waals surface area contributed by atoms with Gasteiger partial charge >= 0.3 is 0 Å². The molecule has 7 heteroatoms. The summed E-state index contributed by atoms with van der Waals surface area (Å²) in [5, 5.41) is 6.92. The molecule has 2 aromatic carbocycles. The molecule has 29 heavy (non-hydrogen) atoms. The number of aromatic nitrogens is 2. The van der Waals surface area contributed by atoms with Gasteiger partial charge in [-0.2, -0.15) is 4.98 Å². The van der Waals surface area contributed by atoms with E-state index in [1.165, 1.54) is 0 Å². The van der Waals surface area contributed by atoms with Crippen molar-refractivity contribution in [3.63, 3.8) is 0 Å². The van der Waals surface area contributed by atoms with E-state index in [-0.39, 0.29) is 5.91 Å². The number of carbonyl (C=O) groups excluding carboxylic acids is 1. The molecule has 1 heterocycles. The largest absolute Gasteiger partial charge is 0.497 e. The SMILES string of the molecule is CCOc1cccc(CNC(=O)CCCc2nc(-c3ccc(OC)cc3)no2)c1. The number of aryl methyl sites for hydroxylation is 1. The van der Waals surface area contributed by atoms with Crippen molar-refractivity contribution in [2.45, 2.75) is 32.7 Å². The molecule has 7 nitrogen and oxygen atoms in total. The molecule has 0 saturated carbocycles. The van der Waals surface area contributed by atoms with Crippen molar-refractivity contribution in [3.05, 3.63) is 60.0 Å². The summed E-state index contributed by atoms with van der Waals surface area (Å²) in [4.78, 5) is 16.5. The Balaban J connectivity index is 1.42. The first-order valence-corrected chi connectivity index (χ1v) is 9.63. The summed E-state index contributed by atoms with van der Waals surface area (Å²) in [5.74, 6) is 2.62. The highest BCUT2D eigenvalue weighted by Gasteiger charge is 2.10. The second-order valence-corrected chi connectivity index (χ2v) is 6.45. The van der Waals surface area contributed by atoms with E-state index in [0.717, 1.165) is 22.6 Å². The fraction of sp³-hybridized carbons (Fsp3) is 0.318. The lowest BCUT2D eigenvalue weighted by atomic mass is 10.2. The molecular weight excluding hydrogens is 370 g/mol. The fourth-order valence-electron chi connectivity index (χ4n) is 2.81. The van der Waals surface area contributed by atoms with Crippen LogP contribution in [0, 0.1) is 0 Å². The number of hydrogen-bond donors (Lipinski definition) is 1. The molecule has 0 bridgehead atoms. The Kier molecular flexibility index (Phi) is 7.22. The van der Waals surface area contributed by atoms with Crippen LogP contribution in [0.25, 0.3) is 11.4 Å². The summed E-state index contributed by atoms with van der Waals surface area (Å²) >= 11 is 0. The number of benzene rings is 2. The third-order valence-corrected chi connectivity index (χ3v) is 4.31. The monoisotopic (exact) mass is 395 g/mol. The lowest BCUT2D eigenvalue weighted by molar-refractivity contribution is -0.121. The number of rotatable bonds is 10. The highest BCUT2D eigenvalue weighted by molar-refractivity contribution is 5.75. The quantitative estimate of drug-likeness (QED) is 0.562. The van der Waals surface area contributed by atoms with Crippen LogP contribution in [0.1, 0.15) is 31.2 Å². The van der Waals surface area contributed by atoms with Gasteiger partial charge in [-0.25, -0.2) is 0 Å². The minimum absolute atomic E-state index is 0.0123. The van der Waals surface area contributed by atoms with Crippen molar-refractivity contribution in [3.8, 4) is 22.9 Å². The van der Waals surface area contributed by atoms with Crippen LogP contribution in [0.15, 0.2) is 53.1 Å². The molecule has 1 N–H and O–H groups in total. The summed E-state index contributed by atoms with van der Waals surface area (Å²) in [6.45, 7) is 3.03. The third-order valence-electron chi connectivity index (χ3n) is 4.31. The van der Waals surface area contributed by atoms with E-state index in [4.69, 9.17) is 14.0 Å². The van der Waals surface area contributed by atoms with Gasteiger partial charge in [0.05, 0.1) is 13.7 Å². The van der Waals surface area contributed by atoms with Crippen molar-refractivity contribution < 1.29 is 18.8 Å². The van der Waals surface area contributed by atoms with Crippen molar-refractivity contribution in [2.75, 3.05) is 13.7 Å². The minimum Gasteiger partial charge on any atom is -0.497 e. The van der Waals surface area contributed by atoms with Crippen molar-refractivity contribution in [2.24, 2.45) is 0 Å². The Labute approximate surface area is 170 Å². The van der Waals surface area contributed by atoms with Gasteiger partial charge in [0, 0.05) is 24.9 Å². The van der Waals surface area contributed by atoms with Crippen LogP contribution >= 0.6 is 0 Å². The Bertz CT molecular complexity index is 922. The van der Waals surface area contributed by atoms with Crippen LogP contribution in [0.3, 0.4) is 0 Å². The first kappa shape index (κ1) is 20.4. The van der Waals surface area contributed by atoms with E-state index in [9.17, 15) is 4.79 Å². The molecule has 0 spiro atoms. The summed E-state index contributed by atoms with van der Waals surface area (Å²) in [6, 6.07) is 15.2. The number of methoxy groups -OCH3 is 1. The molecule has 0 aliphatic heterocycles. The zero-order chi connectivity index (χ0) is 20.5. The Morgan fingerprint density at radius 1 is 1.14 bits per heavy atom. The molecule has 0 radical (unpaired) electrons. The number of ether oxygens (including phenoxy) is 2. The molecule has 0 fully saturated rings. The average Bonchev–Trinajstić information content (AvgIpc) is 3.22. The summed E-state index contributed by atoms with van der Waals surface area (Å²) in [5.41, 5.74) is 1.86. The molecule has 1 aromatic heterocycles. The van der Waals surface area contributed by atoms with Gasteiger partial charge in [0.1, 0.15) is 11.5 Å². The van der Waals surface area contributed by atoms with Crippen LogP contribution in [0.5, 0.6) is 11.5 Å². The standard InChI is InChI=1S/C22H25N3O4/c1-3-28-19-7-4-6-16(14-19)15-23-20(26)8-5-9-21-24-22(25-29-21)17-10-12-18(27-2)13-11-17/h4,6-7,10-14H,3,5,8-9,15H2,1-2H3,(H,23,26). The molecule has 1 amide bonds. The lowest BCUT2D eigenvalue weighted by Gasteiger charge is -2.07. The number of nitrogens with one attached hydrogen (secondary N) is 1.